The number of hydrogen-bond donors (Lipinski definition) is 1. The van der Waals surface area contributed by atoms with Crippen LogP contribution in [-0.2, 0) is 19.3 Å². The SMILES string of the molecule is Nc1nc(Cc2ccc(F)cc2Cl)nc2c1CCC2. The summed E-state index contributed by atoms with van der Waals surface area (Å²) in [7, 11) is 0. The lowest BCUT2D eigenvalue weighted by Crippen LogP contribution is -2.06. The molecule has 2 aromatic rings. The molecule has 1 aromatic carbocycles. The van der Waals surface area contributed by atoms with Gasteiger partial charge in [-0.05, 0) is 37.0 Å². The summed E-state index contributed by atoms with van der Waals surface area (Å²) in [4.78, 5) is 8.85. The van der Waals surface area contributed by atoms with Crippen molar-refractivity contribution in [1.82, 2.24) is 9.97 Å². The molecule has 1 heterocycles. The molecule has 2 N–H and O–H groups in total. The molecule has 0 bridgehead atoms. The number of aryl methyl sites for hydroxylation is 1. The van der Waals surface area contributed by atoms with Gasteiger partial charge in [0.2, 0.25) is 0 Å². The fraction of sp³-hybridized carbons (Fsp3) is 0.286. The van der Waals surface area contributed by atoms with Crippen LogP contribution in [0.4, 0.5) is 10.2 Å². The number of benzene rings is 1. The van der Waals surface area contributed by atoms with Crippen molar-refractivity contribution in [3.63, 3.8) is 0 Å². The zero-order valence-electron chi connectivity index (χ0n) is 10.3. The van der Waals surface area contributed by atoms with E-state index in [4.69, 9.17) is 17.3 Å². The highest BCUT2D eigenvalue weighted by Crippen LogP contribution is 2.26. The van der Waals surface area contributed by atoms with Crippen LogP contribution in [0.5, 0.6) is 0 Å². The van der Waals surface area contributed by atoms with Crippen LogP contribution in [0.25, 0.3) is 0 Å². The average Bonchev–Trinajstić information content (AvgIpc) is 2.81. The Hall–Kier alpha value is -1.68. The van der Waals surface area contributed by atoms with Gasteiger partial charge >= 0.3 is 0 Å². The molecule has 3 rings (SSSR count). The van der Waals surface area contributed by atoms with Crippen LogP contribution in [0.1, 0.15) is 29.1 Å². The summed E-state index contributed by atoms with van der Waals surface area (Å²) in [5.41, 5.74) is 8.87. The van der Waals surface area contributed by atoms with Crippen molar-refractivity contribution in [1.29, 1.82) is 0 Å². The topological polar surface area (TPSA) is 51.8 Å². The summed E-state index contributed by atoms with van der Waals surface area (Å²) >= 11 is 6.01. The van der Waals surface area contributed by atoms with Crippen molar-refractivity contribution in [2.45, 2.75) is 25.7 Å². The molecule has 0 spiro atoms. The molecule has 3 nitrogen and oxygen atoms in total. The van der Waals surface area contributed by atoms with E-state index in [0.717, 1.165) is 36.1 Å². The molecule has 0 fully saturated rings. The van der Waals surface area contributed by atoms with Gasteiger partial charge in [-0.15, -0.1) is 0 Å². The fourth-order valence-corrected chi connectivity index (χ4v) is 2.66. The van der Waals surface area contributed by atoms with E-state index in [1.54, 1.807) is 6.07 Å². The summed E-state index contributed by atoms with van der Waals surface area (Å²) in [5.74, 6) is 0.866. The van der Waals surface area contributed by atoms with E-state index in [1.165, 1.54) is 12.1 Å². The zero-order chi connectivity index (χ0) is 13.4. The minimum Gasteiger partial charge on any atom is -0.383 e. The molecule has 19 heavy (non-hydrogen) atoms. The standard InChI is InChI=1S/C14H13ClFN3/c15-11-7-9(16)5-4-8(11)6-13-18-12-3-1-2-10(12)14(17)19-13/h4-5,7H,1-3,6H2,(H2,17,18,19). The van der Waals surface area contributed by atoms with Crippen LogP contribution >= 0.6 is 11.6 Å². The third-order valence-electron chi connectivity index (χ3n) is 3.38. The summed E-state index contributed by atoms with van der Waals surface area (Å²) in [6.45, 7) is 0. The lowest BCUT2D eigenvalue weighted by atomic mass is 10.1. The van der Waals surface area contributed by atoms with Crippen molar-refractivity contribution in [3.8, 4) is 0 Å². The number of anilines is 1. The molecule has 98 valence electrons. The number of nitrogen functional groups attached to an aromatic ring is 1. The first-order valence-corrected chi connectivity index (χ1v) is 6.59. The highest BCUT2D eigenvalue weighted by Gasteiger charge is 2.18. The van der Waals surface area contributed by atoms with Gasteiger partial charge in [0.15, 0.2) is 0 Å². The van der Waals surface area contributed by atoms with Gasteiger partial charge in [0, 0.05) is 22.7 Å². The Kier molecular flexibility index (Phi) is 3.11. The second-order valence-electron chi connectivity index (χ2n) is 4.72. The second kappa shape index (κ2) is 4.78. The first-order chi connectivity index (χ1) is 9.13. The highest BCUT2D eigenvalue weighted by atomic mass is 35.5. The summed E-state index contributed by atoms with van der Waals surface area (Å²) in [6.07, 6.45) is 3.45. The van der Waals surface area contributed by atoms with Crippen molar-refractivity contribution >= 4 is 17.4 Å². The Bertz CT molecular complexity index is 643. The normalized spacial score (nSPS) is 13.6. The van der Waals surface area contributed by atoms with Gasteiger partial charge < -0.3 is 5.73 Å². The van der Waals surface area contributed by atoms with E-state index in [2.05, 4.69) is 9.97 Å². The van der Waals surface area contributed by atoms with Gasteiger partial charge in [0.1, 0.15) is 17.5 Å². The highest BCUT2D eigenvalue weighted by molar-refractivity contribution is 6.31. The maximum atomic E-state index is 13.0. The van der Waals surface area contributed by atoms with Crippen molar-refractivity contribution < 1.29 is 4.39 Å². The Balaban J connectivity index is 1.93. The van der Waals surface area contributed by atoms with E-state index in [9.17, 15) is 4.39 Å². The number of aromatic nitrogens is 2. The maximum Gasteiger partial charge on any atom is 0.135 e. The first-order valence-electron chi connectivity index (χ1n) is 6.21. The Morgan fingerprint density at radius 2 is 2.11 bits per heavy atom. The van der Waals surface area contributed by atoms with Crippen molar-refractivity contribution in [2.24, 2.45) is 0 Å². The third kappa shape index (κ3) is 2.40. The molecule has 1 aliphatic carbocycles. The van der Waals surface area contributed by atoms with E-state index in [-0.39, 0.29) is 5.82 Å². The molecule has 0 atom stereocenters. The van der Waals surface area contributed by atoms with E-state index < -0.39 is 0 Å². The fourth-order valence-electron chi connectivity index (χ4n) is 2.43. The molecule has 1 aliphatic rings. The lowest BCUT2D eigenvalue weighted by Gasteiger charge is -2.08. The summed E-state index contributed by atoms with van der Waals surface area (Å²) in [6, 6.07) is 4.34. The molecule has 0 amide bonds. The minimum atomic E-state index is -0.344. The molecule has 0 aliphatic heterocycles. The molecule has 0 saturated heterocycles. The molecular weight excluding hydrogens is 265 g/mol. The number of nitrogens with two attached hydrogens (primary N) is 1. The van der Waals surface area contributed by atoms with Crippen LogP contribution < -0.4 is 5.73 Å². The zero-order valence-corrected chi connectivity index (χ0v) is 11.0. The number of nitrogens with zero attached hydrogens (tertiary/aromatic N) is 2. The summed E-state index contributed by atoms with van der Waals surface area (Å²) in [5, 5.41) is 0.391. The summed E-state index contributed by atoms with van der Waals surface area (Å²) < 4.78 is 13.0. The molecule has 0 saturated carbocycles. The van der Waals surface area contributed by atoms with Crippen LogP contribution in [0.2, 0.25) is 5.02 Å². The number of hydrogen-bond acceptors (Lipinski definition) is 3. The van der Waals surface area contributed by atoms with Crippen LogP contribution in [-0.4, -0.2) is 9.97 Å². The first kappa shape index (κ1) is 12.4. The Labute approximate surface area is 115 Å². The Morgan fingerprint density at radius 3 is 2.89 bits per heavy atom. The molecule has 5 heteroatoms. The van der Waals surface area contributed by atoms with Crippen molar-refractivity contribution in [3.05, 3.63) is 51.7 Å². The predicted molar refractivity (Wildman–Crippen MR) is 72.7 cm³/mol. The van der Waals surface area contributed by atoms with Crippen molar-refractivity contribution in [2.75, 3.05) is 5.73 Å². The van der Waals surface area contributed by atoms with Gasteiger partial charge in [-0.25, -0.2) is 14.4 Å². The van der Waals surface area contributed by atoms with Gasteiger partial charge in [-0.3, -0.25) is 0 Å². The van der Waals surface area contributed by atoms with Crippen LogP contribution in [0, 0.1) is 5.82 Å². The monoisotopic (exact) mass is 277 g/mol. The quantitative estimate of drug-likeness (QED) is 0.918. The average molecular weight is 278 g/mol. The second-order valence-corrected chi connectivity index (χ2v) is 5.12. The van der Waals surface area contributed by atoms with Gasteiger partial charge in [0.05, 0.1) is 0 Å². The van der Waals surface area contributed by atoms with E-state index in [0.29, 0.717) is 23.1 Å². The molecule has 0 unspecified atom stereocenters. The third-order valence-corrected chi connectivity index (χ3v) is 3.73. The van der Waals surface area contributed by atoms with E-state index >= 15 is 0 Å². The molecular formula is C14H13ClFN3. The van der Waals surface area contributed by atoms with Crippen LogP contribution in [0.15, 0.2) is 18.2 Å². The molecule has 0 radical (unpaired) electrons. The number of halogens is 2. The lowest BCUT2D eigenvalue weighted by molar-refractivity contribution is 0.627. The largest absolute Gasteiger partial charge is 0.383 e. The number of fused-ring (bicyclic) bond motifs is 1. The van der Waals surface area contributed by atoms with Gasteiger partial charge in [-0.1, -0.05) is 17.7 Å². The molecule has 1 aromatic heterocycles. The van der Waals surface area contributed by atoms with E-state index in [1.807, 2.05) is 0 Å². The minimum absolute atomic E-state index is 0.344. The maximum absolute atomic E-state index is 13.0. The van der Waals surface area contributed by atoms with Gasteiger partial charge in [0.25, 0.3) is 0 Å². The Morgan fingerprint density at radius 1 is 1.26 bits per heavy atom. The number of rotatable bonds is 2. The van der Waals surface area contributed by atoms with Gasteiger partial charge in [-0.2, -0.15) is 0 Å². The predicted octanol–water partition coefficient (Wildman–Crippen LogP) is 2.93. The smallest absolute Gasteiger partial charge is 0.135 e. The van der Waals surface area contributed by atoms with Crippen LogP contribution in [0.3, 0.4) is 0 Å².